The third-order valence-corrected chi connectivity index (χ3v) is 11.0. The Bertz CT molecular complexity index is 603. The van der Waals surface area contributed by atoms with Gasteiger partial charge in [-0.2, -0.15) is 0 Å². The smallest absolute Gasteiger partial charge is 0.309 e. The number of rotatable bonds is 37. The zero-order valence-corrected chi connectivity index (χ0v) is 32.2. The minimum Gasteiger partial charge on any atom is -0.309 e. The van der Waals surface area contributed by atoms with Gasteiger partial charge in [-0.25, -0.2) is 0 Å². The van der Waals surface area contributed by atoms with Crippen LogP contribution in [0.4, 0.5) is 0 Å². The predicted octanol–water partition coefficient (Wildman–Crippen LogP) is 15.1. The Morgan fingerprint density at radius 2 is 0.727 bits per heavy atom. The van der Waals surface area contributed by atoms with E-state index in [1.807, 2.05) is 0 Å². The molecule has 0 aromatic carbocycles. The van der Waals surface area contributed by atoms with E-state index in [2.05, 4.69) is 54.1 Å². The summed E-state index contributed by atoms with van der Waals surface area (Å²) in [6.07, 6.45) is 47.1. The van der Waals surface area contributed by atoms with Gasteiger partial charge in [-0.3, -0.25) is 4.57 Å². The highest BCUT2D eigenvalue weighted by molar-refractivity contribution is 9.09. The van der Waals surface area contributed by atoms with Crippen molar-refractivity contribution >= 4 is 23.5 Å². The summed E-state index contributed by atoms with van der Waals surface area (Å²) < 4.78 is 25.0. The molecule has 0 aliphatic rings. The molecule has 0 heterocycles. The van der Waals surface area contributed by atoms with Crippen LogP contribution in [0.5, 0.6) is 0 Å². The molecule has 0 fully saturated rings. The first kappa shape index (κ1) is 44.1. The number of alkyl halides is 1. The molecule has 0 radical (unpaired) electrons. The van der Waals surface area contributed by atoms with E-state index in [0.717, 1.165) is 37.4 Å². The molecule has 262 valence electrons. The Labute approximate surface area is 285 Å². The highest BCUT2D eigenvalue weighted by Crippen LogP contribution is 2.49. The second-order valence-electron chi connectivity index (χ2n) is 12.9. The molecule has 44 heavy (non-hydrogen) atoms. The van der Waals surface area contributed by atoms with Gasteiger partial charge in [0.25, 0.3) is 0 Å². The van der Waals surface area contributed by atoms with E-state index >= 15 is 0 Å². The van der Waals surface area contributed by atoms with Crippen molar-refractivity contribution in [1.82, 2.24) is 0 Å². The van der Waals surface area contributed by atoms with E-state index in [1.165, 1.54) is 154 Å². The van der Waals surface area contributed by atoms with E-state index in [-0.39, 0.29) is 0 Å². The van der Waals surface area contributed by atoms with Crippen LogP contribution in [-0.4, -0.2) is 24.7 Å². The molecular formula is C39H76BrO3P. The minimum atomic E-state index is -2.96. The van der Waals surface area contributed by atoms with Crippen LogP contribution in [0.2, 0.25) is 0 Å². The lowest BCUT2D eigenvalue weighted by molar-refractivity contribution is 0.197. The zero-order valence-electron chi connectivity index (χ0n) is 29.7. The summed E-state index contributed by atoms with van der Waals surface area (Å²) in [6, 6.07) is 0. The molecule has 0 bridgehead atoms. The molecule has 0 saturated heterocycles. The fourth-order valence-electron chi connectivity index (χ4n) is 5.53. The fourth-order valence-corrected chi connectivity index (χ4v) is 7.93. The van der Waals surface area contributed by atoms with Crippen LogP contribution in [0, 0.1) is 0 Å². The zero-order chi connectivity index (χ0) is 32.1. The van der Waals surface area contributed by atoms with Crippen molar-refractivity contribution < 1.29 is 13.6 Å². The standard InChI is InChI=1S/C39H76BrO3P/c1-3-5-7-9-11-13-15-17-19-21-23-25-27-29-31-33-37-42-44(41,39-35-36-40)43-38-34-32-30-28-26-24-22-20-18-16-14-12-10-8-6-4-2/h17-20H,3-16,21-39H2,1-2H3/b19-17-,20-18-. The van der Waals surface area contributed by atoms with Gasteiger partial charge >= 0.3 is 7.60 Å². The van der Waals surface area contributed by atoms with Gasteiger partial charge in [0.1, 0.15) is 0 Å². The topological polar surface area (TPSA) is 35.5 Å². The molecule has 3 nitrogen and oxygen atoms in total. The molecule has 0 aliphatic carbocycles. The normalized spacial score (nSPS) is 12.3. The quantitative estimate of drug-likeness (QED) is 0.0280. The summed E-state index contributed by atoms with van der Waals surface area (Å²) >= 11 is 3.47. The summed E-state index contributed by atoms with van der Waals surface area (Å²) in [4.78, 5) is 0. The third kappa shape index (κ3) is 35.0. The summed E-state index contributed by atoms with van der Waals surface area (Å²) in [5, 5.41) is 0.839. The first-order valence-corrected chi connectivity index (χ1v) is 22.3. The van der Waals surface area contributed by atoms with E-state index in [9.17, 15) is 4.57 Å². The largest absolute Gasteiger partial charge is 0.330 e. The van der Waals surface area contributed by atoms with Crippen molar-refractivity contribution in [1.29, 1.82) is 0 Å². The molecule has 0 saturated carbocycles. The lowest BCUT2D eigenvalue weighted by Gasteiger charge is -2.18. The van der Waals surface area contributed by atoms with Gasteiger partial charge < -0.3 is 9.05 Å². The first-order chi connectivity index (χ1) is 21.7. The van der Waals surface area contributed by atoms with Crippen LogP contribution < -0.4 is 0 Å². The second kappa shape index (κ2) is 37.6. The maximum absolute atomic E-state index is 13.2. The van der Waals surface area contributed by atoms with E-state index in [4.69, 9.17) is 9.05 Å². The molecule has 0 rings (SSSR count). The maximum Gasteiger partial charge on any atom is 0.330 e. The second-order valence-corrected chi connectivity index (χ2v) is 15.9. The summed E-state index contributed by atoms with van der Waals surface area (Å²) in [7, 11) is -2.96. The van der Waals surface area contributed by atoms with Crippen LogP contribution in [0.3, 0.4) is 0 Å². The van der Waals surface area contributed by atoms with Crippen LogP contribution in [0.15, 0.2) is 24.3 Å². The molecule has 0 atom stereocenters. The highest BCUT2D eigenvalue weighted by atomic mass is 79.9. The van der Waals surface area contributed by atoms with Gasteiger partial charge in [0.15, 0.2) is 0 Å². The molecular weight excluding hydrogens is 627 g/mol. The average Bonchev–Trinajstić information content (AvgIpc) is 3.03. The van der Waals surface area contributed by atoms with Gasteiger partial charge in [0.05, 0.1) is 19.4 Å². The van der Waals surface area contributed by atoms with Crippen LogP contribution >= 0.6 is 23.5 Å². The lowest BCUT2D eigenvalue weighted by atomic mass is 10.1. The van der Waals surface area contributed by atoms with Crippen LogP contribution in [0.1, 0.15) is 200 Å². The van der Waals surface area contributed by atoms with E-state index in [1.54, 1.807) is 0 Å². The summed E-state index contributed by atoms with van der Waals surface area (Å²) in [5.41, 5.74) is 0. The Hall–Kier alpha value is 0.110. The van der Waals surface area contributed by atoms with E-state index in [0.29, 0.717) is 19.4 Å². The predicted molar refractivity (Wildman–Crippen MR) is 202 cm³/mol. The summed E-state index contributed by atoms with van der Waals surface area (Å²) in [5.74, 6) is 0. The number of hydrogen-bond donors (Lipinski definition) is 0. The van der Waals surface area contributed by atoms with Crippen LogP contribution in [-0.2, 0) is 13.6 Å². The van der Waals surface area contributed by atoms with Crippen molar-refractivity contribution in [3.8, 4) is 0 Å². The molecule has 0 aromatic heterocycles. The Balaban J connectivity index is 3.66. The monoisotopic (exact) mass is 702 g/mol. The van der Waals surface area contributed by atoms with Crippen LogP contribution in [0.25, 0.3) is 0 Å². The lowest BCUT2D eigenvalue weighted by Crippen LogP contribution is -2.04. The maximum atomic E-state index is 13.2. The number of halogens is 1. The molecule has 0 aromatic rings. The van der Waals surface area contributed by atoms with Gasteiger partial charge in [-0.1, -0.05) is 170 Å². The molecule has 0 spiro atoms. The summed E-state index contributed by atoms with van der Waals surface area (Å²) in [6.45, 7) is 5.69. The van der Waals surface area contributed by atoms with Crippen molar-refractivity contribution in [3.05, 3.63) is 24.3 Å². The minimum absolute atomic E-state index is 0.525. The fraction of sp³-hybridized carbons (Fsp3) is 0.897. The van der Waals surface area contributed by atoms with Crippen molar-refractivity contribution in [2.24, 2.45) is 0 Å². The first-order valence-electron chi connectivity index (χ1n) is 19.4. The molecule has 0 amide bonds. The molecule has 0 N–H and O–H groups in total. The van der Waals surface area contributed by atoms with Crippen molar-refractivity contribution in [3.63, 3.8) is 0 Å². The average molecular weight is 704 g/mol. The third-order valence-electron chi connectivity index (χ3n) is 8.45. The Morgan fingerprint density at radius 3 is 1.05 bits per heavy atom. The van der Waals surface area contributed by atoms with Gasteiger partial charge in [-0.15, -0.1) is 0 Å². The number of hydrogen-bond acceptors (Lipinski definition) is 3. The number of unbranched alkanes of at least 4 members (excludes halogenated alkanes) is 24. The molecule has 0 unspecified atom stereocenters. The SMILES string of the molecule is CCCCCCCC/C=C\CCCCCCCCOP(=O)(CCCBr)OCCCCCCCC/C=C\CCCCCCCC. The molecule has 0 aliphatic heterocycles. The van der Waals surface area contributed by atoms with Gasteiger partial charge in [0, 0.05) is 5.33 Å². The highest BCUT2D eigenvalue weighted by Gasteiger charge is 2.23. The number of allylic oxidation sites excluding steroid dienone is 4. The van der Waals surface area contributed by atoms with Gasteiger partial charge in [0.2, 0.25) is 0 Å². The van der Waals surface area contributed by atoms with Crippen molar-refractivity contribution in [2.75, 3.05) is 24.7 Å². The molecule has 5 heteroatoms. The Kier molecular flexibility index (Phi) is 37.7. The van der Waals surface area contributed by atoms with E-state index < -0.39 is 7.60 Å². The van der Waals surface area contributed by atoms with Crippen molar-refractivity contribution in [2.45, 2.75) is 200 Å². The Morgan fingerprint density at radius 1 is 0.432 bits per heavy atom. The van der Waals surface area contributed by atoms with Gasteiger partial charge in [-0.05, 0) is 70.6 Å².